The number of hydrogen-bond acceptors (Lipinski definition) is 4. The monoisotopic (exact) mass is 256 g/mol. The van der Waals surface area contributed by atoms with Crippen molar-refractivity contribution < 1.29 is 0 Å². The molecule has 4 heterocycles. The van der Waals surface area contributed by atoms with Crippen LogP contribution >= 0.6 is 0 Å². The molecule has 6 heteroatoms. The fourth-order valence-electron chi connectivity index (χ4n) is 3.16. The minimum Gasteiger partial charge on any atom is -0.316 e. The Kier molecular flexibility index (Phi) is 2.32. The highest BCUT2D eigenvalue weighted by atomic mass is 15.2. The van der Waals surface area contributed by atoms with Gasteiger partial charge in [-0.25, -0.2) is 9.97 Å². The molecular weight excluding hydrogens is 240 g/mol. The Morgan fingerprint density at radius 2 is 2.21 bits per heavy atom. The summed E-state index contributed by atoms with van der Waals surface area (Å²) in [4.78, 5) is 8.82. The third-order valence-corrected chi connectivity index (χ3v) is 4.21. The van der Waals surface area contributed by atoms with Crippen LogP contribution in [0, 0.1) is 5.92 Å². The van der Waals surface area contributed by atoms with Crippen molar-refractivity contribution >= 4 is 16.8 Å². The Labute approximate surface area is 110 Å². The van der Waals surface area contributed by atoms with Crippen molar-refractivity contribution in [1.82, 2.24) is 29.9 Å². The predicted octanol–water partition coefficient (Wildman–Crippen LogP) is 1.32. The molecule has 0 amide bonds. The number of aromatic nitrogens is 5. The van der Waals surface area contributed by atoms with Crippen LogP contribution in [-0.2, 0) is 0 Å². The molecule has 3 aromatic heterocycles. The van der Waals surface area contributed by atoms with Crippen molar-refractivity contribution in [3.63, 3.8) is 0 Å². The summed E-state index contributed by atoms with van der Waals surface area (Å²) in [6, 6.07) is 0. The van der Waals surface area contributed by atoms with Gasteiger partial charge in [-0.15, -0.1) is 0 Å². The fourth-order valence-corrected chi connectivity index (χ4v) is 3.16. The molecule has 19 heavy (non-hydrogen) atoms. The molecule has 0 saturated carbocycles. The topological polar surface area (TPSA) is 70.9 Å². The third kappa shape index (κ3) is 1.49. The molecule has 0 radical (unpaired) electrons. The maximum absolute atomic E-state index is 4.49. The van der Waals surface area contributed by atoms with Gasteiger partial charge in [0, 0.05) is 24.4 Å². The number of H-pyrrole nitrogens is 1. The van der Waals surface area contributed by atoms with E-state index >= 15 is 0 Å². The van der Waals surface area contributed by atoms with Gasteiger partial charge in [-0.05, 0) is 12.5 Å². The van der Waals surface area contributed by atoms with E-state index in [0.717, 1.165) is 29.9 Å². The Hall–Kier alpha value is -1.95. The van der Waals surface area contributed by atoms with Gasteiger partial charge in [0.25, 0.3) is 0 Å². The van der Waals surface area contributed by atoms with Gasteiger partial charge in [0.05, 0.1) is 12.4 Å². The lowest BCUT2D eigenvalue weighted by Gasteiger charge is -2.16. The van der Waals surface area contributed by atoms with Gasteiger partial charge >= 0.3 is 0 Å². The van der Waals surface area contributed by atoms with Crippen LogP contribution in [0.4, 0.5) is 0 Å². The maximum Gasteiger partial charge on any atom is 0.172 e. The maximum atomic E-state index is 4.49. The first-order valence-corrected chi connectivity index (χ1v) is 6.74. The largest absolute Gasteiger partial charge is 0.316 e. The van der Waals surface area contributed by atoms with Crippen molar-refractivity contribution in [2.75, 3.05) is 13.1 Å². The molecule has 98 valence electrons. The second-order valence-corrected chi connectivity index (χ2v) is 5.17. The zero-order valence-corrected chi connectivity index (χ0v) is 10.8. The number of hydrogen-bond donors (Lipinski definition) is 2. The lowest BCUT2D eigenvalue weighted by atomic mass is 9.91. The number of rotatable bonds is 2. The summed E-state index contributed by atoms with van der Waals surface area (Å²) in [6.07, 6.45) is 6.80. The summed E-state index contributed by atoms with van der Waals surface area (Å²) in [5.41, 5.74) is 3.98. The summed E-state index contributed by atoms with van der Waals surface area (Å²) < 4.78 is 2.19. The van der Waals surface area contributed by atoms with Gasteiger partial charge < -0.3 is 5.32 Å². The number of imidazole rings is 1. The van der Waals surface area contributed by atoms with Crippen molar-refractivity contribution in [3.05, 3.63) is 24.3 Å². The average molecular weight is 256 g/mol. The van der Waals surface area contributed by atoms with E-state index in [1.165, 1.54) is 12.1 Å². The molecule has 3 aromatic rings. The van der Waals surface area contributed by atoms with Gasteiger partial charge in [0.2, 0.25) is 0 Å². The minimum atomic E-state index is 0.514. The Bertz CT molecular complexity index is 727. The molecule has 0 aliphatic carbocycles. The van der Waals surface area contributed by atoms with Crippen LogP contribution in [-0.4, -0.2) is 37.7 Å². The summed E-state index contributed by atoms with van der Waals surface area (Å²) in [5, 5.41) is 10.5. The molecule has 0 spiro atoms. The zero-order valence-electron chi connectivity index (χ0n) is 10.8. The molecule has 2 N–H and O–H groups in total. The molecule has 1 aliphatic heterocycles. The fraction of sp³-hybridized carbons (Fsp3) is 0.462. The van der Waals surface area contributed by atoms with Gasteiger partial charge in [-0.3, -0.25) is 9.50 Å². The Balaban J connectivity index is 1.96. The smallest absolute Gasteiger partial charge is 0.172 e. The van der Waals surface area contributed by atoms with Crippen LogP contribution < -0.4 is 5.32 Å². The average Bonchev–Trinajstić information content (AvgIpc) is 3.15. The lowest BCUT2D eigenvalue weighted by Crippen LogP contribution is -2.12. The predicted molar refractivity (Wildman–Crippen MR) is 72.0 cm³/mol. The van der Waals surface area contributed by atoms with Crippen LogP contribution in [0.3, 0.4) is 0 Å². The van der Waals surface area contributed by atoms with E-state index in [9.17, 15) is 0 Å². The molecular formula is C13H16N6. The van der Waals surface area contributed by atoms with E-state index in [-0.39, 0.29) is 0 Å². The van der Waals surface area contributed by atoms with Gasteiger partial charge in [-0.2, -0.15) is 5.10 Å². The molecule has 6 nitrogen and oxygen atoms in total. The standard InChI is InChI=1S/C13H16N6/c1-2-8-3-14-4-9(8)10-5-15-12-7-16-13-11(19(10)12)6-17-18-13/h5-9,14H,2-4H2,1H3,(H,17,18). The van der Waals surface area contributed by atoms with Crippen molar-refractivity contribution in [3.8, 4) is 0 Å². The van der Waals surface area contributed by atoms with Crippen LogP contribution in [0.1, 0.15) is 25.0 Å². The van der Waals surface area contributed by atoms with Crippen molar-refractivity contribution in [2.45, 2.75) is 19.3 Å². The highest BCUT2D eigenvalue weighted by Gasteiger charge is 2.29. The SMILES string of the molecule is CCC1CNCC1c1cnc2cnc3[nH]ncc3n12. The summed E-state index contributed by atoms with van der Waals surface area (Å²) in [6.45, 7) is 4.37. The van der Waals surface area contributed by atoms with Crippen molar-refractivity contribution in [1.29, 1.82) is 0 Å². The van der Waals surface area contributed by atoms with Gasteiger partial charge in [0.1, 0.15) is 5.52 Å². The Morgan fingerprint density at radius 3 is 3.11 bits per heavy atom. The molecule has 2 atom stereocenters. The first-order valence-electron chi connectivity index (χ1n) is 6.74. The number of fused-ring (bicyclic) bond motifs is 3. The van der Waals surface area contributed by atoms with Crippen LogP contribution in [0.15, 0.2) is 18.6 Å². The first-order chi connectivity index (χ1) is 9.38. The summed E-state index contributed by atoms with van der Waals surface area (Å²) in [7, 11) is 0. The summed E-state index contributed by atoms with van der Waals surface area (Å²) >= 11 is 0. The molecule has 2 unspecified atom stereocenters. The summed E-state index contributed by atoms with van der Waals surface area (Å²) in [5.74, 6) is 1.19. The molecule has 0 aromatic carbocycles. The normalized spacial score (nSPS) is 23.6. The second kappa shape index (κ2) is 4.03. The van der Waals surface area contributed by atoms with Gasteiger partial charge in [0.15, 0.2) is 11.3 Å². The van der Waals surface area contributed by atoms with E-state index in [1.54, 1.807) is 6.20 Å². The highest BCUT2D eigenvalue weighted by Crippen LogP contribution is 2.31. The minimum absolute atomic E-state index is 0.514. The van der Waals surface area contributed by atoms with E-state index in [1.807, 2.05) is 12.4 Å². The number of aromatic amines is 1. The van der Waals surface area contributed by atoms with Gasteiger partial charge in [-0.1, -0.05) is 13.3 Å². The van der Waals surface area contributed by atoms with Crippen LogP contribution in [0.5, 0.6) is 0 Å². The van der Waals surface area contributed by atoms with E-state index in [4.69, 9.17) is 0 Å². The molecule has 1 saturated heterocycles. The van der Waals surface area contributed by atoms with E-state index in [2.05, 4.69) is 36.8 Å². The first kappa shape index (κ1) is 10.9. The Morgan fingerprint density at radius 1 is 1.26 bits per heavy atom. The van der Waals surface area contributed by atoms with E-state index < -0.39 is 0 Å². The number of nitrogens with zero attached hydrogens (tertiary/aromatic N) is 4. The third-order valence-electron chi connectivity index (χ3n) is 4.21. The second-order valence-electron chi connectivity index (χ2n) is 5.17. The number of nitrogens with one attached hydrogen (secondary N) is 2. The zero-order chi connectivity index (χ0) is 12.8. The molecule has 1 fully saturated rings. The van der Waals surface area contributed by atoms with Crippen molar-refractivity contribution in [2.24, 2.45) is 5.92 Å². The van der Waals surface area contributed by atoms with E-state index in [0.29, 0.717) is 11.8 Å². The molecule has 1 aliphatic rings. The van der Waals surface area contributed by atoms with Crippen LogP contribution in [0.25, 0.3) is 16.8 Å². The van der Waals surface area contributed by atoms with Crippen LogP contribution in [0.2, 0.25) is 0 Å². The highest BCUT2D eigenvalue weighted by molar-refractivity contribution is 5.73. The molecule has 0 bridgehead atoms. The quantitative estimate of drug-likeness (QED) is 0.725. The molecule has 4 rings (SSSR count). The lowest BCUT2D eigenvalue weighted by molar-refractivity contribution is 0.493.